The molecule has 0 spiro atoms. The predicted molar refractivity (Wildman–Crippen MR) is 533 cm³/mol. The molecule has 20 N–H and O–H groups in total. The number of aliphatic carboxylic acids is 1. The second kappa shape index (κ2) is 66.1. The lowest BCUT2D eigenvalue weighted by Gasteiger charge is -2.30. The minimum absolute atomic E-state index is 0.0431. The molecule has 37 heteroatoms. The van der Waals surface area contributed by atoms with E-state index in [1.807, 2.05) is 6.92 Å². The number of phenolic OH excluding ortho intramolecular Hbond substituents is 4. The fourth-order valence-corrected chi connectivity index (χ4v) is 16.3. The number of aliphatic hydroxyl groups excluding tert-OH is 4. The van der Waals surface area contributed by atoms with Gasteiger partial charge in [0.15, 0.2) is 23.1 Å². The molecule has 0 fully saturated rings. The summed E-state index contributed by atoms with van der Waals surface area (Å²) >= 11 is 0. The third-order valence-corrected chi connectivity index (χ3v) is 25.5. The molecule has 0 radical (unpaired) electrons. The topological polar surface area (TPSA) is 606 Å². The van der Waals surface area contributed by atoms with Crippen molar-refractivity contribution in [1.29, 1.82) is 0 Å². The highest BCUT2D eigenvalue weighted by Gasteiger charge is 2.38. The van der Waals surface area contributed by atoms with Crippen molar-refractivity contribution in [2.24, 2.45) is 29.0 Å². The van der Waals surface area contributed by atoms with E-state index >= 15 is 0 Å². The van der Waals surface area contributed by atoms with Gasteiger partial charge in [-0.1, -0.05) is 213 Å². The fraction of sp³-hybridized carbons (Fsp3) is 0.615. The molecule has 4 aromatic carbocycles. The Labute approximate surface area is 829 Å². The third kappa shape index (κ3) is 43.3. The largest absolute Gasteiger partial charge is 0.507 e. The molecule has 786 valence electrons. The number of rotatable bonds is 52. The number of likely N-dealkylation sites (N-methyl/N-ethyl adjacent to an activating group) is 4. The van der Waals surface area contributed by atoms with Crippen molar-refractivity contribution in [1.82, 2.24) is 46.2 Å². The Bertz CT molecular complexity index is 4720. The van der Waals surface area contributed by atoms with E-state index in [4.69, 9.17) is 16.6 Å². The minimum Gasteiger partial charge on any atom is -0.507 e. The maximum absolute atomic E-state index is 14.2. The number of aliphatic hydroxyl groups is 4. The van der Waals surface area contributed by atoms with Crippen LogP contribution in [-0.4, -0.2) is 263 Å². The number of carbonyl (C=O) groups is 16. The van der Waals surface area contributed by atoms with Crippen LogP contribution in [0, 0.1) is 11.8 Å². The van der Waals surface area contributed by atoms with Crippen LogP contribution in [0.4, 0.5) is 0 Å². The number of Topliss-reactive ketones (excluding diaryl/α,β-unsaturated/α-hetero) is 4. The van der Waals surface area contributed by atoms with E-state index in [-0.39, 0.29) is 113 Å². The number of unbranched alkanes of at least 4 members (excludes halogenated alkanes) is 24. The average molecular weight is 1980 g/mol. The predicted octanol–water partition coefficient (Wildman–Crippen LogP) is 8.97. The van der Waals surface area contributed by atoms with Gasteiger partial charge >= 0.3 is 5.97 Å². The summed E-state index contributed by atoms with van der Waals surface area (Å²) in [4.78, 5) is 207. The van der Waals surface area contributed by atoms with Crippen LogP contribution >= 0.6 is 0 Å². The number of nitrogens with one attached hydrogen (secondary N) is 5. The van der Waals surface area contributed by atoms with Crippen LogP contribution in [-0.2, 0) is 89.6 Å². The molecule has 2 aliphatic rings. The Kier molecular flexibility index (Phi) is 57.8. The molecule has 37 nitrogen and oxygen atoms in total. The number of carboxylic acid groups (broad SMARTS) is 1. The summed E-state index contributed by atoms with van der Waals surface area (Å²) in [5.41, 5.74) is 16.7. The van der Waals surface area contributed by atoms with Crippen molar-refractivity contribution in [3.63, 3.8) is 0 Å². The molecule has 0 aliphatic carbocycles. The quantitative estimate of drug-likeness (QED) is 0.0183. The molecule has 141 heavy (non-hydrogen) atoms. The lowest BCUT2D eigenvalue weighted by molar-refractivity contribution is -0.143. The first kappa shape index (κ1) is 123. The minimum atomic E-state index is -1.70. The van der Waals surface area contributed by atoms with Crippen LogP contribution in [0.3, 0.4) is 0 Å². The summed E-state index contributed by atoms with van der Waals surface area (Å²) in [6.45, 7) is 11.9. The second-order valence-electron chi connectivity index (χ2n) is 37.1. The van der Waals surface area contributed by atoms with E-state index in [0.717, 1.165) is 49.8 Å². The Morgan fingerprint density at radius 2 is 0.759 bits per heavy atom. The van der Waals surface area contributed by atoms with Gasteiger partial charge in [-0.3, -0.25) is 71.9 Å². The highest BCUT2D eigenvalue weighted by atomic mass is 16.4. The van der Waals surface area contributed by atoms with Gasteiger partial charge in [0.2, 0.25) is 65.0 Å². The highest BCUT2D eigenvalue weighted by molar-refractivity contribution is 5.99. The zero-order chi connectivity index (χ0) is 106. The first-order valence-corrected chi connectivity index (χ1v) is 49.9. The van der Waals surface area contributed by atoms with Crippen molar-refractivity contribution >= 4 is 94.1 Å². The molecule has 8 bridgehead atoms. The van der Waals surface area contributed by atoms with E-state index in [9.17, 15) is 118 Å². The summed E-state index contributed by atoms with van der Waals surface area (Å²) < 4.78 is 0. The number of nitrogens with zero attached hydrogens (tertiary/aromatic N) is 4. The second-order valence-corrected chi connectivity index (χ2v) is 37.1. The van der Waals surface area contributed by atoms with Gasteiger partial charge in [-0.2, -0.15) is 0 Å². The van der Waals surface area contributed by atoms with Crippen molar-refractivity contribution in [3.05, 3.63) is 95.1 Å². The van der Waals surface area contributed by atoms with Crippen molar-refractivity contribution in [3.8, 4) is 45.3 Å². The van der Waals surface area contributed by atoms with Crippen LogP contribution in [0.15, 0.2) is 72.8 Å². The van der Waals surface area contributed by atoms with Gasteiger partial charge in [0.1, 0.15) is 71.5 Å². The molecule has 2 aliphatic heterocycles. The van der Waals surface area contributed by atoms with Gasteiger partial charge in [-0.15, -0.1) is 0 Å². The van der Waals surface area contributed by atoms with Gasteiger partial charge in [0.05, 0.1) is 31.8 Å². The van der Waals surface area contributed by atoms with Crippen molar-refractivity contribution in [2.45, 2.75) is 347 Å². The Morgan fingerprint density at radius 3 is 1.09 bits per heavy atom. The molecular weight excluding hydrogens is 1820 g/mol. The first-order valence-electron chi connectivity index (χ1n) is 49.9. The molecule has 0 saturated heterocycles. The third-order valence-electron chi connectivity index (χ3n) is 25.5. The number of benzene rings is 4. The number of amides is 11. The van der Waals surface area contributed by atoms with E-state index in [2.05, 4.69) is 46.2 Å². The number of fused-ring (bicyclic) bond motifs is 10. The normalized spacial score (nSPS) is 17.0. The van der Waals surface area contributed by atoms with Crippen LogP contribution < -0.4 is 43.8 Å². The smallest absolute Gasteiger partial charge is 0.326 e. The molecular formula is C104H160N12O25. The summed E-state index contributed by atoms with van der Waals surface area (Å²) in [6, 6.07) is 8.39. The molecule has 12 atom stereocenters. The molecule has 6 rings (SSSR count). The Hall–Kier alpha value is -11.8. The van der Waals surface area contributed by atoms with Crippen molar-refractivity contribution < 1.29 is 123 Å². The number of carbonyl (C=O) groups excluding carboxylic acids is 15. The zero-order valence-corrected chi connectivity index (χ0v) is 84.7. The molecule has 0 saturated carbocycles. The standard InChI is InChI=1S/C51H76N6O12.C26H50N2O4.C24H26N2O7.C3H8N2O2/c1-6-7-8-9-10-11-12-13-14-15-16-17-18-19-45(64)56(4)39(31-58)51(69)54-33(3)40(59)24-25-46(65)57(5)47-35-21-23-42(61)37(29-35)36-27-34(20-22-41(36)60)28-38(50(68)53-30-44(63)48(52)66)55-49(67)32(2)26-43(47)62;1-5-7-8-9-10-11-12-13-14-15-16-17-18-20-25(31)28(4)23(21-29)26(32)27-22(3)24(30)19-6-2;1-12-8-21(30)22(26(3)13(2)27)15-5-7-20(29)17(11-15)16-9-14(4-6-19(16)28)10-18(24(32)33)25-23(12)31;4-1-2(6)3(5)7/h20-23,27,29,32-33,38-39,44,47,58,60-61,63H,6-19,24-26,28,30-31H2,1-5H3,(H2,52,66)(H,53,68)(H,54,69)(H,55,67);22-23,29H,5-21H2,1-4H3,(H,27,32);4-7,9,11-12,18,22,28-29H,8,10H2,1-3H3,(H,25,31)(H,32,33);2,6H,1,4H2,(H2,5,7)/t32-,33-,38+,39-,44?,47+;22-,23?;12-,18?,22+;/m111./s1. The summed E-state index contributed by atoms with van der Waals surface area (Å²) in [6.07, 6.45) is 28.5. The van der Waals surface area contributed by atoms with E-state index in [0.29, 0.717) is 36.0 Å². The first-order chi connectivity index (χ1) is 66.9. The zero-order valence-electron chi connectivity index (χ0n) is 84.7. The Morgan fingerprint density at radius 1 is 0.426 bits per heavy atom. The van der Waals surface area contributed by atoms with Crippen molar-refractivity contribution in [2.75, 3.05) is 54.5 Å². The van der Waals surface area contributed by atoms with Crippen LogP contribution in [0.25, 0.3) is 22.3 Å². The maximum Gasteiger partial charge on any atom is 0.326 e. The molecule has 4 unspecified atom stereocenters. The van der Waals surface area contributed by atoms with Gasteiger partial charge < -0.3 is 109 Å². The monoisotopic (exact) mass is 1980 g/mol. The number of hydrogen-bond acceptors (Lipinski definition) is 25. The molecule has 11 amide bonds. The van der Waals surface area contributed by atoms with Gasteiger partial charge in [-0.25, -0.2) is 4.79 Å². The lowest BCUT2D eigenvalue weighted by Crippen LogP contribution is -2.53. The molecule has 2 heterocycles. The SMILES string of the molecule is CC(=O)N(C)[C@@H]1C(=O)C[C@@H](C)C(=O)NC(C(=O)O)Cc2ccc(O)c(c2)-c2cc1ccc2O.CCCCCCCCCCCCCCCC(=O)N(C)C(CO)C(=O)N[C@H](C)C(=O)CCC.CCCCCCCCCCCCCCCC(=O)N(C)[C@H](CO)C(=O)N[C@H](C)C(=O)CCC(=O)N(C)[C@@H]1C(=O)C[C@@H](C)C(=O)N[C@H](C(=O)NCC(O)C(N)=O)Cc2ccc(O)c(c2)-c2cc1ccc2O.NCC(O)C(N)=O. The lowest BCUT2D eigenvalue weighted by atomic mass is 9.89. The van der Waals surface area contributed by atoms with E-state index in [1.54, 1.807) is 14.0 Å². The van der Waals surface area contributed by atoms with E-state index in [1.165, 1.54) is 258 Å². The van der Waals surface area contributed by atoms with E-state index < -0.39 is 176 Å². The van der Waals surface area contributed by atoms with Crippen LogP contribution in [0.5, 0.6) is 23.0 Å². The number of primary amides is 2. The maximum atomic E-state index is 14.2. The summed E-state index contributed by atoms with van der Waals surface area (Å²) in [5.74, 6) is -12.3. The molecule has 4 aromatic rings. The number of phenols is 4. The van der Waals surface area contributed by atoms with Crippen LogP contribution in [0.2, 0.25) is 0 Å². The molecule has 0 aromatic heterocycles. The summed E-state index contributed by atoms with van der Waals surface area (Å²) in [7, 11) is 5.78. The number of nitrogens with two attached hydrogens (primary N) is 3. The number of carboxylic acids is 1. The van der Waals surface area contributed by atoms with Gasteiger partial charge in [0.25, 0.3) is 0 Å². The van der Waals surface area contributed by atoms with Gasteiger partial charge in [0, 0.05) is 134 Å². The average Bonchev–Trinajstić information content (AvgIpc) is 0.787. The van der Waals surface area contributed by atoms with Gasteiger partial charge in [-0.05, 0) is 104 Å². The number of ketones is 4. The highest BCUT2D eigenvalue weighted by Crippen LogP contribution is 2.42. The summed E-state index contributed by atoms with van der Waals surface area (Å²) in [5, 5.41) is 103. The number of aromatic hydroxyl groups is 4. The Balaban J connectivity index is 0.000000586. The number of hydrogen-bond donors (Lipinski definition) is 17. The van der Waals surface area contributed by atoms with Crippen LogP contribution in [0.1, 0.15) is 308 Å². The fourth-order valence-electron chi connectivity index (χ4n) is 16.3.